The average molecular weight is 154 g/mol. The molecule has 0 aliphatic heterocycles. The van der Waals surface area contributed by atoms with Crippen LogP contribution in [0.3, 0.4) is 0 Å². The van der Waals surface area contributed by atoms with Gasteiger partial charge in [-0.3, -0.25) is 0 Å². The highest BCUT2D eigenvalue weighted by Gasteiger charge is 1.94. The Kier molecular flexibility index (Phi) is 4.30. The molecular weight excluding hydrogens is 140 g/mol. The lowest BCUT2D eigenvalue weighted by Gasteiger charge is -1.99. The largest absolute Gasteiger partial charge is 0.508 e. The van der Waals surface area contributed by atoms with Crippen molar-refractivity contribution in [1.29, 1.82) is 0 Å². The minimum absolute atomic E-state index is 0.384. The minimum Gasteiger partial charge on any atom is -0.508 e. The van der Waals surface area contributed by atoms with E-state index in [1.807, 2.05) is 26.0 Å². The topological polar surface area (TPSA) is 40.5 Å². The van der Waals surface area contributed by atoms with Gasteiger partial charge in [0.25, 0.3) is 0 Å². The summed E-state index contributed by atoms with van der Waals surface area (Å²) in [6.07, 6.45) is 0. The van der Waals surface area contributed by atoms with Gasteiger partial charge in [-0.2, -0.15) is 0 Å². The fraction of sp³-hybridized carbons (Fsp3) is 0.333. The highest BCUT2D eigenvalue weighted by molar-refractivity contribution is 5.36. The normalized spacial score (nSPS) is 8.36. The summed E-state index contributed by atoms with van der Waals surface area (Å²) in [4.78, 5) is 0. The monoisotopic (exact) mass is 154 g/mol. The summed E-state index contributed by atoms with van der Waals surface area (Å²) in [6, 6.07) is 5.52. The Morgan fingerprint density at radius 2 is 1.64 bits per heavy atom. The molecule has 0 saturated heterocycles. The standard InChI is InChI=1S/C8H10O.CH4O/c1-6-4-3-5-8(9)7(6)2;1-2/h3-5,9H,1-2H3;2H,1H3. The number of phenols is 1. The lowest BCUT2D eigenvalue weighted by atomic mass is 10.1. The highest BCUT2D eigenvalue weighted by Crippen LogP contribution is 2.17. The fourth-order valence-electron chi connectivity index (χ4n) is 0.736. The van der Waals surface area contributed by atoms with Crippen molar-refractivity contribution in [3.05, 3.63) is 29.3 Å². The summed E-state index contributed by atoms with van der Waals surface area (Å²) in [5.74, 6) is 0.384. The van der Waals surface area contributed by atoms with E-state index in [0.29, 0.717) is 5.75 Å². The molecule has 0 radical (unpaired) electrons. The lowest BCUT2D eigenvalue weighted by molar-refractivity contribution is 0.399. The van der Waals surface area contributed by atoms with Crippen LogP contribution in [0.1, 0.15) is 11.1 Å². The zero-order valence-corrected chi connectivity index (χ0v) is 7.13. The van der Waals surface area contributed by atoms with Gasteiger partial charge < -0.3 is 10.2 Å². The molecule has 0 bridgehead atoms. The predicted octanol–water partition coefficient (Wildman–Crippen LogP) is 1.62. The molecular formula is C9H14O2. The summed E-state index contributed by atoms with van der Waals surface area (Å²) in [7, 11) is 1.00. The number of aliphatic hydroxyl groups is 1. The fourth-order valence-corrected chi connectivity index (χ4v) is 0.736. The number of aryl methyl sites for hydroxylation is 1. The van der Waals surface area contributed by atoms with Crippen LogP contribution in [0.25, 0.3) is 0 Å². The summed E-state index contributed by atoms with van der Waals surface area (Å²) < 4.78 is 0. The van der Waals surface area contributed by atoms with Crippen molar-refractivity contribution in [3.8, 4) is 5.75 Å². The quantitative estimate of drug-likeness (QED) is 0.596. The van der Waals surface area contributed by atoms with Crippen LogP contribution in [0.2, 0.25) is 0 Å². The van der Waals surface area contributed by atoms with Gasteiger partial charge in [-0.15, -0.1) is 0 Å². The smallest absolute Gasteiger partial charge is 0.118 e. The molecule has 62 valence electrons. The van der Waals surface area contributed by atoms with Crippen LogP contribution in [0.5, 0.6) is 5.75 Å². The first-order chi connectivity index (χ1) is 5.22. The number of hydrogen-bond acceptors (Lipinski definition) is 2. The van der Waals surface area contributed by atoms with Crippen LogP contribution < -0.4 is 0 Å². The second-order valence-electron chi connectivity index (χ2n) is 2.22. The van der Waals surface area contributed by atoms with Crippen molar-refractivity contribution < 1.29 is 10.2 Å². The number of aliphatic hydroxyl groups excluding tert-OH is 1. The van der Waals surface area contributed by atoms with Gasteiger partial charge in [0, 0.05) is 7.11 Å². The second-order valence-corrected chi connectivity index (χ2v) is 2.22. The third-order valence-corrected chi connectivity index (χ3v) is 1.58. The third-order valence-electron chi connectivity index (χ3n) is 1.58. The van der Waals surface area contributed by atoms with E-state index in [-0.39, 0.29) is 0 Å². The zero-order valence-electron chi connectivity index (χ0n) is 7.13. The van der Waals surface area contributed by atoms with Gasteiger partial charge in [0.2, 0.25) is 0 Å². The Balaban J connectivity index is 0.000000461. The van der Waals surface area contributed by atoms with Gasteiger partial charge in [0.15, 0.2) is 0 Å². The Morgan fingerprint density at radius 3 is 2.00 bits per heavy atom. The first-order valence-electron chi connectivity index (χ1n) is 3.41. The molecule has 2 nitrogen and oxygen atoms in total. The van der Waals surface area contributed by atoms with E-state index in [1.54, 1.807) is 6.07 Å². The molecule has 0 unspecified atom stereocenters. The van der Waals surface area contributed by atoms with Crippen molar-refractivity contribution in [2.45, 2.75) is 13.8 Å². The molecule has 0 amide bonds. The first-order valence-corrected chi connectivity index (χ1v) is 3.41. The summed E-state index contributed by atoms with van der Waals surface area (Å²) in [5.41, 5.74) is 2.10. The maximum atomic E-state index is 9.10. The molecule has 0 saturated carbocycles. The molecule has 1 rings (SSSR count). The molecule has 0 heterocycles. The van der Waals surface area contributed by atoms with Crippen molar-refractivity contribution in [1.82, 2.24) is 0 Å². The first kappa shape index (κ1) is 9.98. The van der Waals surface area contributed by atoms with E-state index in [0.717, 1.165) is 18.2 Å². The second kappa shape index (κ2) is 4.74. The Hall–Kier alpha value is -1.02. The van der Waals surface area contributed by atoms with Gasteiger partial charge in [0.05, 0.1) is 0 Å². The predicted molar refractivity (Wildman–Crippen MR) is 45.7 cm³/mol. The summed E-state index contributed by atoms with van der Waals surface area (Å²) >= 11 is 0. The zero-order chi connectivity index (χ0) is 8.85. The van der Waals surface area contributed by atoms with Crippen LogP contribution in [-0.4, -0.2) is 17.3 Å². The molecule has 0 atom stereocenters. The van der Waals surface area contributed by atoms with Crippen molar-refractivity contribution >= 4 is 0 Å². The number of phenolic OH excluding ortho intramolecular Hbond substituents is 1. The van der Waals surface area contributed by atoms with Crippen LogP contribution in [0.15, 0.2) is 18.2 Å². The van der Waals surface area contributed by atoms with Crippen molar-refractivity contribution in [2.24, 2.45) is 0 Å². The Morgan fingerprint density at radius 1 is 1.09 bits per heavy atom. The van der Waals surface area contributed by atoms with E-state index in [4.69, 9.17) is 10.2 Å². The maximum Gasteiger partial charge on any atom is 0.118 e. The molecule has 1 aromatic carbocycles. The van der Waals surface area contributed by atoms with Crippen molar-refractivity contribution in [2.75, 3.05) is 7.11 Å². The van der Waals surface area contributed by atoms with E-state index < -0.39 is 0 Å². The van der Waals surface area contributed by atoms with Gasteiger partial charge in [-0.25, -0.2) is 0 Å². The number of benzene rings is 1. The van der Waals surface area contributed by atoms with E-state index >= 15 is 0 Å². The van der Waals surface area contributed by atoms with Gasteiger partial charge in [0.1, 0.15) is 5.75 Å². The third kappa shape index (κ3) is 2.60. The SMILES string of the molecule is CO.Cc1cccc(O)c1C. The molecule has 0 fully saturated rings. The van der Waals surface area contributed by atoms with E-state index in [2.05, 4.69) is 0 Å². The molecule has 0 aliphatic rings. The number of hydrogen-bond donors (Lipinski definition) is 2. The molecule has 11 heavy (non-hydrogen) atoms. The number of rotatable bonds is 0. The number of aromatic hydroxyl groups is 1. The van der Waals surface area contributed by atoms with Crippen LogP contribution >= 0.6 is 0 Å². The minimum atomic E-state index is 0.384. The highest BCUT2D eigenvalue weighted by atomic mass is 16.3. The van der Waals surface area contributed by atoms with E-state index in [1.165, 1.54) is 0 Å². The Labute approximate surface area is 67.1 Å². The molecule has 0 spiro atoms. The summed E-state index contributed by atoms with van der Waals surface area (Å²) in [5, 5.41) is 16.1. The van der Waals surface area contributed by atoms with Gasteiger partial charge in [-0.1, -0.05) is 12.1 Å². The molecule has 0 aliphatic carbocycles. The van der Waals surface area contributed by atoms with Crippen LogP contribution in [0, 0.1) is 13.8 Å². The average Bonchev–Trinajstić information content (AvgIpc) is 2.04. The molecule has 1 aromatic rings. The van der Waals surface area contributed by atoms with Crippen LogP contribution in [-0.2, 0) is 0 Å². The lowest BCUT2D eigenvalue weighted by Crippen LogP contribution is -1.78. The van der Waals surface area contributed by atoms with Crippen LogP contribution in [0.4, 0.5) is 0 Å². The van der Waals surface area contributed by atoms with Gasteiger partial charge in [-0.05, 0) is 31.0 Å². The Bertz CT molecular complexity index is 199. The molecule has 0 aromatic heterocycles. The van der Waals surface area contributed by atoms with E-state index in [9.17, 15) is 0 Å². The maximum absolute atomic E-state index is 9.10. The molecule has 2 N–H and O–H groups in total. The molecule has 2 heteroatoms. The van der Waals surface area contributed by atoms with Gasteiger partial charge >= 0.3 is 0 Å². The van der Waals surface area contributed by atoms with Crippen molar-refractivity contribution in [3.63, 3.8) is 0 Å². The summed E-state index contributed by atoms with van der Waals surface area (Å²) in [6.45, 7) is 3.89.